The van der Waals surface area contributed by atoms with Crippen molar-refractivity contribution in [2.45, 2.75) is 13.5 Å². The summed E-state index contributed by atoms with van der Waals surface area (Å²) < 4.78 is 25.4. The molecule has 1 heterocycles. The molecule has 0 spiro atoms. The van der Waals surface area contributed by atoms with E-state index in [1.165, 1.54) is 21.3 Å². The van der Waals surface area contributed by atoms with E-state index in [1.54, 1.807) is 12.1 Å². The smallest absolute Gasteiger partial charge is 0.348 e. The Balaban J connectivity index is 2.11. The normalized spacial score (nSPS) is 10.6. The maximum absolute atomic E-state index is 12.2. The van der Waals surface area contributed by atoms with Crippen LogP contribution in [0.15, 0.2) is 24.3 Å². The molecule has 0 atom stereocenters. The van der Waals surface area contributed by atoms with Crippen LogP contribution < -0.4 is 15.2 Å². The van der Waals surface area contributed by atoms with Crippen LogP contribution in [0.25, 0.3) is 6.08 Å². The number of anilines is 1. The molecule has 31 heavy (non-hydrogen) atoms. The van der Waals surface area contributed by atoms with Gasteiger partial charge in [-0.3, -0.25) is 0 Å². The number of nitrogens with two attached hydrogens (primary N) is 1. The van der Waals surface area contributed by atoms with E-state index in [0.717, 1.165) is 16.9 Å². The van der Waals surface area contributed by atoms with E-state index in [-0.39, 0.29) is 27.6 Å². The molecule has 1 aromatic carbocycles. The average molecular weight is 449 g/mol. The van der Waals surface area contributed by atoms with E-state index < -0.39 is 24.5 Å². The highest BCUT2D eigenvalue weighted by molar-refractivity contribution is 7.18. The van der Waals surface area contributed by atoms with Crippen LogP contribution in [-0.2, 0) is 25.6 Å². The monoisotopic (exact) mass is 449 g/mol. The summed E-state index contributed by atoms with van der Waals surface area (Å²) in [5.74, 6) is -1.37. The minimum absolute atomic E-state index is 0.0390. The number of hydrogen-bond donors (Lipinski definition) is 1. The van der Waals surface area contributed by atoms with Gasteiger partial charge in [0.15, 0.2) is 18.1 Å². The lowest BCUT2D eigenvalue weighted by atomic mass is 10.1. The zero-order valence-electron chi connectivity index (χ0n) is 17.6. The molecule has 2 N–H and O–H groups in total. The van der Waals surface area contributed by atoms with E-state index in [1.807, 2.05) is 25.1 Å². The minimum atomic E-state index is -0.753. The Morgan fingerprint density at radius 2 is 1.77 bits per heavy atom. The van der Waals surface area contributed by atoms with Gasteiger partial charge >= 0.3 is 17.9 Å². The molecule has 2 aromatic rings. The number of methoxy groups -OCH3 is 3. The maximum Gasteiger partial charge on any atom is 0.348 e. The molecule has 0 aliphatic rings. The average Bonchev–Trinajstić information content (AvgIpc) is 3.11. The molecule has 0 saturated heterocycles. The van der Waals surface area contributed by atoms with Gasteiger partial charge in [0.05, 0.1) is 21.3 Å². The van der Waals surface area contributed by atoms with E-state index in [9.17, 15) is 14.4 Å². The van der Waals surface area contributed by atoms with Gasteiger partial charge in [0.2, 0.25) is 0 Å². The van der Waals surface area contributed by atoms with Crippen LogP contribution in [0.1, 0.15) is 38.1 Å². The molecule has 1 aromatic heterocycles. The van der Waals surface area contributed by atoms with Crippen LogP contribution >= 0.6 is 11.3 Å². The van der Waals surface area contributed by atoms with Gasteiger partial charge in [0.1, 0.15) is 22.0 Å². The maximum atomic E-state index is 12.2. The summed E-state index contributed by atoms with van der Waals surface area (Å²) >= 11 is 0.847. The van der Waals surface area contributed by atoms with Gasteiger partial charge in [0.25, 0.3) is 0 Å². The standard InChI is InChI=1S/C21H23NO8S/c1-5-6-12-7-8-14(15(9-12)26-2)29-11-16(23)30-10-13-17(20(24)27-3)19(22)31-18(13)21(25)28-4/h5-9H,10-11,22H2,1-4H3/b6-5+. The molecular weight excluding hydrogens is 426 g/mol. The fourth-order valence-corrected chi connectivity index (χ4v) is 3.62. The highest BCUT2D eigenvalue weighted by Gasteiger charge is 2.28. The zero-order chi connectivity index (χ0) is 23.0. The Hall–Kier alpha value is -3.53. The summed E-state index contributed by atoms with van der Waals surface area (Å²) in [5.41, 5.74) is 6.83. The van der Waals surface area contributed by atoms with E-state index in [0.29, 0.717) is 11.5 Å². The summed E-state index contributed by atoms with van der Waals surface area (Å²) in [6.07, 6.45) is 3.78. The molecule has 9 nitrogen and oxygen atoms in total. The first-order chi connectivity index (χ1) is 14.9. The highest BCUT2D eigenvalue weighted by Crippen LogP contribution is 2.33. The first-order valence-corrected chi connectivity index (χ1v) is 9.84. The third kappa shape index (κ3) is 5.76. The molecular formula is C21H23NO8S. The van der Waals surface area contributed by atoms with E-state index in [2.05, 4.69) is 0 Å². The summed E-state index contributed by atoms with van der Waals surface area (Å²) in [7, 11) is 3.86. The van der Waals surface area contributed by atoms with Crippen molar-refractivity contribution in [3.63, 3.8) is 0 Å². The second-order valence-corrected chi connectivity index (χ2v) is 7.04. The third-order valence-electron chi connectivity index (χ3n) is 4.06. The highest BCUT2D eigenvalue weighted by atomic mass is 32.1. The number of allylic oxidation sites excluding steroid dienone is 1. The molecule has 0 bridgehead atoms. The van der Waals surface area contributed by atoms with Crippen LogP contribution in [0.2, 0.25) is 0 Å². The van der Waals surface area contributed by atoms with Crippen molar-refractivity contribution >= 4 is 40.3 Å². The third-order valence-corrected chi connectivity index (χ3v) is 5.11. The lowest BCUT2D eigenvalue weighted by Crippen LogP contribution is -2.17. The molecule has 0 aliphatic heterocycles. The van der Waals surface area contributed by atoms with Gasteiger partial charge in [0, 0.05) is 5.56 Å². The summed E-state index contributed by atoms with van der Waals surface area (Å²) in [6, 6.07) is 5.24. The van der Waals surface area contributed by atoms with Gasteiger partial charge in [-0.25, -0.2) is 14.4 Å². The van der Waals surface area contributed by atoms with Crippen LogP contribution in [0.5, 0.6) is 11.5 Å². The van der Waals surface area contributed by atoms with Crippen molar-refractivity contribution in [1.82, 2.24) is 0 Å². The fraction of sp³-hybridized carbons (Fsp3) is 0.286. The zero-order valence-corrected chi connectivity index (χ0v) is 18.4. The number of carbonyl (C=O) groups excluding carboxylic acids is 3. The number of ether oxygens (including phenoxy) is 5. The van der Waals surface area contributed by atoms with Crippen LogP contribution in [0.3, 0.4) is 0 Å². The molecule has 0 aliphatic carbocycles. The van der Waals surface area contributed by atoms with Crippen molar-refractivity contribution in [2.24, 2.45) is 0 Å². The van der Waals surface area contributed by atoms with Gasteiger partial charge in [-0.1, -0.05) is 18.2 Å². The SMILES string of the molecule is C/C=C/c1ccc(OCC(=O)OCc2c(C(=O)OC)sc(N)c2C(=O)OC)c(OC)c1. The molecule has 0 radical (unpaired) electrons. The van der Waals surface area contributed by atoms with Crippen LogP contribution in [-0.4, -0.2) is 45.8 Å². The van der Waals surface area contributed by atoms with Crippen molar-refractivity contribution in [3.05, 3.63) is 45.8 Å². The van der Waals surface area contributed by atoms with Crippen molar-refractivity contribution in [3.8, 4) is 11.5 Å². The number of benzene rings is 1. The number of hydrogen-bond acceptors (Lipinski definition) is 10. The van der Waals surface area contributed by atoms with Crippen LogP contribution in [0.4, 0.5) is 5.00 Å². The number of carbonyl (C=O) groups is 3. The van der Waals surface area contributed by atoms with Crippen molar-refractivity contribution in [1.29, 1.82) is 0 Å². The number of nitrogen functional groups attached to an aromatic ring is 1. The molecule has 0 amide bonds. The predicted molar refractivity (Wildman–Crippen MR) is 114 cm³/mol. The molecule has 0 saturated carbocycles. The van der Waals surface area contributed by atoms with Gasteiger partial charge in [-0.05, 0) is 24.6 Å². The number of esters is 3. The first kappa shape index (κ1) is 23.7. The van der Waals surface area contributed by atoms with Gasteiger partial charge in [-0.15, -0.1) is 11.3 Å². The van der Waals surface area contributed by atoms with Crippen LogP contribution in [0, 0.1) is 0 Å². The summed E-state index contributed by atoms with van der Waals surface area (Å²) in [6.45, 7) is 1.09. The summed E-state index contributed by atoms with van der Waals surface area (Å²) in [4.78, 5) is 36.3. The Morgan fingerprint density at radius 3 is 2.39 bits per heavy atom. The fourth-order valence-electron chi connectivity index (χ4n) is 2.64. The van der Waals surface area contributed by atoms with E-state index in [4.69, 9.17) is 29.4 Å². The quantitative estimate of drug-likeness (QED) is 0.454. The Labute approximate surface area is 183 Å². The van der Waals surface area contributed by atoms with Crippen molar-refractivity contribution in [2.75, 3.05) is 33.7 Å². The lowest BCUT2D eigenvalue weighted by Gasteiger charge is -2.12. The second-order valence-electron chi connectivity index (χ2n) is 5.99. The lowest BCUT2D eigenvalue weighted by molar-refractivity contribution is -0.147. The topological polar surface area (TPSA) is 123 Å². The summed E-state index contributed by atoms with van der Waals surface area (Å²) in [5, 5.41) is 0.0560. The first-order valence-electron chi connectivity index (χ1n) is 9.03. The molecule has 10 heteroatoms. The second kappa shape index (κ2) is 11.0. The molecule has 0 unspecified atom stereocenters. The van der Waals surface area contributed by atoms with Gasteiger partial charge in [-0.2, -0.15) is 0 Å². The number of rotatable bonds is 9. The molecule has 166 valence electrons. The Bertz CT molecular complexity index is 996. The van der Waals surface area contributed by atoms with Gasteiger partial charge < -0.3 is 29.4 Å². The Kier molecular flexibility index (Phi) is 8.44. The Morgan fingerprint density at radius 1 is 1.06 bits per heavy atom. The van der Waals surface area contributed by atoms with Crippen molar-refractivity contribution < 1.29 is 38.1 Å². The minimum Gasteiger partial charge on any atom is -0.493 e. The predicted octanol–water partition coefficient (Wildman–Crippen LogP) is 3.07. The molecule has 0 fully saturated rings. The van der Waals surface area contributed by atoms with E-state index >= 15 is 0 Å². The number of thiophene rings is 1. The molecule has 2 rings (SSSR count). The largest absolute Gasteiger partial charge is 0.493 e.